The fourth-order valence-corrected chi connectivity index (χ4v) is 4.05. The molecule has 0 fully saturated rings. The van der Waals surface area contributed by atoms with Crippen LogP contribution in [0.1, 0.15) is 30.3 Å². The Morgan fingerprint density at radius 2 is 2.04 bits per heavy atom. The van der Waals surface area contributed by atoms with Crippen LogP contribution >= 0.6 is 11.3 Å². The molecule has 1 aliphatic carbocycles. The van der Waals surface area contributed by atoms with Crippen LogP contribution in [0, 0.1) is 5.92 Å². The van der Waals surface area contributed by atoms with E-state index in [0.29, 0.717) is 29.6 Å². The van der Waals surface area contributed by atoms with Gasteiger partial charge in [0.1, 0.15) is 0 Å². The van der Waals surface area contributed by atoms with E-state index in [-0.39, 0.29) is 11.0 Å². The molecule has 7 heteroatoms. The number of thiazole rings is 1. The lowest BCUT2D eigenvalue weighted by atomic mass is 9.87. The maximum atomic E-state index is 13.7. The number of benzene rings is 1. The number of halogens is 3. The van der Waals surface area contributed by atoms with Crippen LogP contribution in [-0.4, -0.2) is 14.8 Å². The number of hydrogen-bond donors (Lipinski definition) is 0. The summed E-state index contributed by atoms with van der Waals surface area (Å²) in [6.45, 7) is 1.98. The molecule has 1 aliphatic rings. The van der Waals surface area contributed by atoms with Gasteiger partial charge in [-0.25, -0.2) is 9.67 Å². The minimum atomic E-state index is -4.44. The lowest BCUT2D eigenvalue weighted by Gasteiger charge is -2.18. The third-order valence-electron chi connectivity index (χ3n) is 4.23. The SMILES string of the molecule is C[C@H]1CCc2nn(-c3nc4ccccc4s3)c(C(F)(F)F)c2C1. The third-order valence-corrected chi connectivity index (χ3v) is 5.24. The van der Waals surface area contributed by atoms with Crippen LogP contribution in [0.5, 0.6) is 0 Å². The van der Waals surface area contributed by atoms with Gasteiger partial charge in [0.05, 0.1) is 15.9 Å². The smallest absolute Gasteiger partial charge is 0.218 e. The molecule has 0 bridgehead atoms. The predicted octanol–water partition coefficient (Wildman–Crippen LogP) is 4.63. The van der Waals surface area contributed by atoms with E-state index in [9.17, 15) is 13.2 Å². The second kappa shape index (κ2) is 5.06. The zero-order valence-electron chi connectivity index (χ0n) is 12.4. The number of alkyl halides is 3. The zero-order valence-corrected chi connectivity index (χ0v) is 13.2. The molecule has 120 valence electrons. The molecule has 0 amide bonds. The van der Waals surface area contributed by atoms with Crippen LogP contribution in [0.15, 0.2) is 24.3 Å². The van der Waals surface area contributed by atoms with Crippen LogP contribution in [0.3, 0.4) is 0 Å². The second-order valence-electron chi connectivity index (χ2n) is 6.00. The van der Waals surface area contributed by atoms with Gasteiger partial charge in [-0.1, -0.05) is 30.4 Å². The van der Waals surface area contributed by atoms with E-state index in [1.165, 1.54) is 11.3 Å². The number of para-hydroxylation sites is 1. The Balaban J connectivity index is 1.94. The number of fused-ring (bicyclic) bond motifs is 2. The Bertz CT molecular complexity index is 845. The first kappa shape index (κ1) is 14.7. The number of aromatic nitrogens is 3. The molecule has 1 atom stereocenters. The number of nitrogens with zero attached hydrogens (tertiary/aromatic N) is 3. The van der Waals surface area contributed by atoms with Crippen molar-refractivity contribution in [1.29, 1.82) is 0 Å². The Morgan fingerprint density at radius 3 is 2.78 bits per heavy atom. The van der Waals surface area contributed by atoms with Gasteiger partial charge in [0.15, 0.2) is 5.69 Å². The summed E-state index contributed by atoms with van der Waals surface area (Å²) in [5, 5.41) is 4.54. The molecular formula is C16H14F3N3S. The maximum absolute atomic E-state index is 13.7. The van der Waals surface area contributed by atoms with Crippen LogP contribution < -0.4 is 0 Å². The van der Waals surface area contributed by atoms with Gasteiger partial charge < -0.3 is 0 Å². The highest BCUT2D eigenvalue weighted by molar-refractivity contribution is 7.20. The summed E-state index contributed by atoms with van der Waals surface area (Å²) in [6.07, 6.45) is -2.54. The maximum Gasteiger partial charge on any atom is 0.433 e. The summed E-state index contributed by atoms with van der Waals surface area (Å²) in [6, 6.07) is 7.33. The number of rotatable bonds is 1. The van der Waals surface area contributed by atoms with Gasteiger partial charge in [-0.15, -0.1) is 0 Å². The lowest BCUT2D eigenvalue weighted by Crippen LogP contribution is -2.18. The molecule has 0 saturated carbocycles. The van der Waals surface area contributed by atoms with Crippen molar-refractivity contribution in [2.24, 2.45) is 5.92 Å². The Hall–Kier alpha value is -1.89. The summed E-state index contributed by atoms with van der Waals surface area (Å²) >= 11 is 1.23. The molecule has 2 heterocycles. The Morgan fingerprint density at radius 1 is 1.26 bits per heavy atom. The van der Waals surface area contributed by atoms with Gasteiger partial charge in [-0.05, 0) is 37.3 Å². The molecule has 3 nitrogen and oxygen atoms in total. The molecule has 0 spiro atoms. The zero-order chi connectivity index (χ0) is 16.2. The van der Waals surface area contributed by atoms with Gasteiger partial charge in [0.2, 0.25) is 5.13 Å². The largest absolute Gasteiger partial charge is 0.433 e. The molecule has 0 aliphatic heterocycles. The molecule has 3 aromatic rings. The lowest BCUT2D eigenvalue weighted by molar-refractivity contribution is -0.143. The molecule has 0 unspecified atom stereocenters. The molecule has 2 aromatic heterocycles. The topological polar surface area (TPSA) is 30.7 Å². The van der Waals surface area contributed by atoms with Gasteiger partial charge >= 0.3 is 6.18 Å². The standard InChI is InChI=1S/C16H14F3N3S/c1-9-6-7-11-10(8-9)14(16(17,18)19)22(21-11)15-20-12-4-2-3-5-13(12)23-15/h2-5,9H,6-8H2,1H3/t9-/m0/s1. The minimum Gasteiger partial charge on any atom is -0.218 e. The molecular weight excluding hydrogens is 323 g/mol. The van der Waals surface area contributed by atoms with Crippen molar-refractivity contribution in [3.05, 3.63) is 41.2 Å². The average molecular weight is 337 g/mol. The first-order valence-corrected chi connectivity index (χ1v) is 8.29. The van der Waals surface area contributed by atoms with Crippen LogP contribution in [0.2, 0.25) is 0 Å². The fourth-order valence-electron chi connectivity index (χ4n) is 3.12. The number of hydrogen-bond acceptors (Lipinski definition) is 3. The van der Waals surface area contributed by atoms with Crippen molar-refractivity contribution >= 4 is 21.6 Å². The quantitative estimate of drug-likeness (QED) is 0.648. The minimum absolute atomic E-state index is 0.247. The van der Waals surface area contributed by atoms with Crippen molar-refractivity contribution in [3.63, 3.8) is 0 Å². The van der Waals surface area contributed by atoms with E-state index in [1.54, 1.807) is 6.07 Å². The molecule has 1 aromatic carbocycles. The third kappa shape index (κ3) is 2.43. The molecule has 0 saturated heterocycles. The fraction of sp³-hybridized carbons (Fsp3) is 0.375. The summed E-state index contributed by atoms with van der Waals surface area (Å²) in [5.41, 5.74) is 0.950. The monoisotopic (exact) mass is 337 g/mol. The summed E-state index contributed by atoms with van der Waals surface area (Å²) in [7, 11) is 0. The van der Waals surface area contributed by atoms with E-state index in [1.807, 2.05) is 25.1 Å². The van der Waals surface area contributed by atoms with Crippen molar-refractivity contribution in [3.8, 4) is 5.13 Å². The van der Waals surface area contributed by atoms with Crippen molar-refractivity contribution in [1.82, 2.24) is 14.8 Å². The number of aryl methyl sites for hydroxylation is 1. The molecule has 0 N–H and O–H groups in total. The summed E-state index contributed by atoms with van der Waals surface area (Å²) in [4.78, 5) is 4.34. The van der Waals surface area contributed by atoms with Gasteiger partial charge in [-0.2, -0.15) is 18.3 Å². The average Bonchev–Trinajstić information content (AvgIpc) is 3.06. The van der Waals surface area contributed by atoms with Crippen molar-refractivity contribution < 1.29 is 13.2 Å². The summed E-state index contributed by atoms with van der Waals surface area (Å²) < 4.78 is 42.8. The Kier molecular flexibility index (Phi) is 3.23. The predicted molar refractivity (Wildman–Crippen MR) is 82.9 cm³/mol. The van der Waals surface area contributed by atoms with Crippen LogP contribution in [0.4, 0.5) is 13.2 Å². The van der Waals surface area contributed by atoms with E-state index >= 15 is 0 Å². The van der Waals surface area contributed by atoms with E-state index < -0.39 is 11.9 Å². The summed E-state index contributed by atoms with van der Waals surface area (Å²) in [5.74, 6) is 0.247. The van der Waals surface area contributed by atoms with Gasteiger partial charge in [0.25, 0.3) is 0 Å². The van der Waals surface area contributed by atoms with Crippen LogP contribution in [-0.2, 0) is 19.0 Å². The van der Waals surface area contributed by atoms with E-state index in [4.69, 9.17) is 0 Å². The normalized spacial score (nSPS) is 18.3. The second-order valence-corrected chi connectivity index (χ2v) is 7.00. The van der Waals surface area contributed by atoms with Crippen molar-refractivity contribution in [2.45, 2.75) is 32.4 Å². The first-order chi connectivity index (χ1) is 10.9. The van der Waals surface area contributed by atoms with E-state index in [0.717, 1.165) is 15.8 Å². The highest BCUT2D eigenvalue weighted by Crippen LogP contribution is 2.40. The van der Waals surface area contributed by atoms with Crippen molar-refractivity contribution in [2.75, 3.05) is 0 Å². The van der Waals surface area contributed by atoms with Crippen LogP contribution in [0.25, 0.3) is 15.3 Å². The highest BCUT2D eigenvalue weighted by atomic mass is 32.1. The molecule has 23 heavy (non-hydrogen) atoms. The van der Waals surface area contributed by atoms with Gasteiger partial charge in [0, 0.05) is 5.56 Å². The van der Waals surface area contributed by atoms with E-state index in [2.05, 4.69) is 10.1 Å². The Labute approximate surface area is 134 Å². The molecule has 4 rings (SSSR count). The van der Waals surface area contributed by atoms with Gasteiger partial charge in [-0.3, -0.25) is 0 Å². The molecule has 0 radical (unpaired) electrons. The highest BCUT2D eigenvalue weighted by Gasteiger charge is 2.42. The first-order valence-electron chi connectivity index (χ1n) is 7.47.